The second-order valence-corrected chi connectivity index (χ2v) is 6.47. The quantitative estimate of drug-likeness (QED) is 0.894. The summed E-state index contributed by atoms with van der Waals surface area (Å²) >= 11 is 0. The lowest BCUT2D eigenvalue weighted by Crippen LogP contribution is -2.61. The van der Waals surface area contributed by atoms with Gasteiger partial charge in [-0.05, 0) is 38.9 Å². The fourth-order valence-electron chi connectivity index (χ4n) is 3.11. The Labute approximate surface area is 128 Å². The summed E-state index contributed by atoms with van der Waals surface area (Å²) in [7, 11) is 3.93. The molecule has 1 aliphatic rings. The predicted octanol–water partition coefficient (Wildman–Crippen LogP) is 1.59. The maximum Gasteiger partial charge on any atom is 0.122 e. The van der Waals surface area contributed by atoms with Gasteiger partial charge >= 0.3 is 0 Å². The molecule has 0 amide bonds. The van der Waals surface area contributed by atoms with E-state index in [1.807, 2.05) is 12.1 Å². The molecule has 0 aliphatic carbocycles. The second-order valence-electron chi connectivity index (χ2n) is 6.47. The molecule has 2 unspecified atom stereocenters. The van der Waals surface area contributed by atoms with Crippen molar-refractivity contribution >= 4 is 0 Å². The van der Waals surface area contributed by atoms with Crippen molar-refractivity contribution in [3.63, 3.8) is 0 Å². The summed E-state index contributed by atoms with van der Waals surface area (Å²) < 4.78 is 5.49. The number of hydrogen-bond donors (Lipinski definition) is 1. The molecule has 1 aliphatic heterocycles. The van der Waals surface area contributed by atoms with Crippen LogP contribution in [-0.2, 0) is 6.42 Å². The van der Waals surface area contributed by atoms with Crippen LogP contribution < -0.4 is 10.5 Å². The van der Waals surface area contributed by atoms with E-state index in [2.05, 4.69) is 42.8 Å². The van der Waals surface area contributed by atoms with Gasteiger partial charge in [-0.25, -0.2) is 0 Å². The first-order valence-electron chi connectivity index (χ1n) is 7.77. The van der Waals surface area contributed by atoms with E-state index < -0.39 is 0 Å². The van der Waals surface area contributed by atoms with Crippen molar-refractivity contribution in [2.45, 2.75) is 31.8 Å². The van der Waals surface area contributed by atoms with Crippen LogP contribution in [0.1, 0.15) is 19.4 Å². The SMILES string of the molecule is COc1ccccc1CC(C)(CN)N1CCN(C)C(C)C1. The normalized spacial score (nSPS) is 23.8. The standard InChI is InChI=1S/C17H29N3O/c1-14-12-20(10-9-19(14)3)17(2,13-18)11-15-7-5-6-8-16(15)21-4/h5-8,14H,9-13,18H2,1-4H3. The number of piperazine rings is 1. The lowest BCUT2D eigenvalue weighted by molar-refractivity contribution is 0.0273. The molecule has 2 N–H and O–H groups in total. The molecule has 1 aromatic carbocycles. The summed E-state index contributed by atoms with van der Waals surface area (Å²) in [5.41, 5.74) is 7.37. The van der Waals surface area contributed by atoms with Crippen LogP contribution in [0.3, 0.4) is 0 Å². The average Bonchev–Trinajstić information content (AvgIpc) is 2.50. The number of para-hydroxylation sites is 1. The van der Waals surface area contributed by atoms with Gasteiger partial charge in [0.25, 0.3) is 0 Å². The minimum absolute atomic E-state index is 0.0237. The molecule has 0 radical (unpaired) electrons. The summed E-state index contributed by atoms with van der Waals surface area (Å²) in [6.07, 6.45) is 0.921. The highest BCUT2D eigenvalue weighted by Gasteiger charge is 2.35. The third-order valence-electron chi connectivity index (χ3n) is 4.93. The van der Waals surface area contributed by atoms with Gasteiger partial charge in [-0.3, -0.25) is 4.90 Å². The van der Waals surface area contributed by atoms with Gasteiger partial charge in [0, 0.05) is 37.8 Å². The highest BCUT2D eigenvalue weighted by molar-refractivity contribution is 5.34. The van der Waals surface area contributed by atoms with E-state index in [4.69, 9.17) is 10.5 Å². The topological polar surface area (TPSA) is 41.7 Å². The number of hydrogen-bond acceptors (Lipinski definition) is 4. The van der Waals surface area contributed by atoms with Gasteiger partial charge in [0.15, 0.2) is 0 Å². The highest BCUT2D eigenvalue weighted by Crippen LogP contribution is 2.27. The van der Waals surface area contributed by atoms with E-state index in [0.717, 1.165) is 31.8 Å². The third kappa shape index (κ3) is 3.57. The van der Waals surface area contributed by atoms with Crippen molar-refractivity contribution in [3.05, 3.63) is 29.8 Å². The van der Waals surface area contributed by atoms with Crippen LogP contribution in [0.25, 0.3) is 0 Å². The molecule has 4 heteroatoms. The number of nitrogens with two attached hydrogens (primary N) is 1. The monoisotopic (exact) mass is 291 g/mol. The summed E-state index contributed by atoms with van der Waals surface area (Å²) in [5.74, 6) is 0.958. The molecule has 4 nitrogen and oxygen atoms in total. The molecule has 1 saturated heterocycles. The zero-order valence-electron chi connectivity index (χ0n) is 13.8. The minimum Gasteiger partial charge on any atom is -0.496 e. The summed E-state index contributed by atoms with van der Waals surface area (Å²) in [5, 5.41) is 0. The Hall–Kier alpha value is -1.10. The van der Waals surface area contributed by atoms with Crippen LogP contribution >= 0.6 is 0 Å². The van der Waals surface area contributed by atoms with Crippen molar-refractivity contribution in [1.29, 1.82) is 0 Å². The number of ether oxygens (including phenoxy) is 1. The predicted molar refractivity (Wildman–Crippen MR) is 87.8 cm³/mol. The number of rotatable bonds is 5. The fourth-order valence-corrected chi connectivity index (χ4v) is 3.11. The van der Waals surface area contributed by atoms with Gasteiger partial charge in [-0.2, -0.15) is 0 Å². The van der Waals surface area contributed by atoms with E-state index in [1.54, 1.807) is 7.11 Å². The largest absolute Gasteiger partial charge is 0.496 e. The number of methoxy groups -OCH3 is 1. The minimum atomic E-state index is -0.0237. The van der Waals surface area contributed by atoms with Crippen LogP contribution in [0.5, 0.6) is 5.75 Å². The van der Waals surface area contributed by atoms with Gasteiger partial charge in [-0.1, -0.05) is 18.2 Å². The first-order valence-corrected chi connectivity index (χ1v) is 7.77. The summed E-state index contributed by atoms with van der Waals surface area (Å²) in [6, 6.07) is 8.83. The van der Waals surface area contributed by atoms with Gasteiger partial charge < -0.3 is 15.4 Å². The van der Waals surface area contributed by atoms with Crippen LogP contribution in [0.2, 0.25) is 0 Å². The highest BCUT2D eigenvalue weighted by atomic mass is 16.5. The Morgan fingerprint density at radius 2 is 2.05 bits per heavy atom. The molecule has 2 atom stereocenters. The zero-order chi connectivity index (χ0) is 15.5. The molecule has 1 fully saturated rings. The number of likely N-dealkylation sites (N-methyl/N-ethyl adjacent to an activating group) is 1. The van der Waals surface area contributed by atoms with Gasteiger partial charge in [0.05, 0.1) is 7.11 Å². The maximum absolute atomic E-state index is 6.16. The van der Waals surface area contributed by atoms with Crippen LogP contribution in [0.4, 0.5) is 0 Å². The Bertz CT molecular complexity index is 465. The van der Waals surface area contributed by atoms with Crippen molar-refractivity contribution < 1.29 is 4.74 Å². The lowest BCUT2D eigenvalue weighted by atomic mass is 9.89. The molecule has 21 heavy (non-hydrogen) atoms. The number of nitrogens with zero attached hydrogens (tertiary/aromatic N) is 2. The van der Waals surface area contributed by atoms with E-state index in [1.165, 1.54) is 5.56 Å². The van der Waals surface area contributed by atoms with Crippen LogP contribution in [0.15, 0.2) is 24.3 Å². The first-order chi connectivity index (χ1) is 10.00. The van der Waals surface area contributed by atoms with Crippen LogP contribution in [0, 0.1) is 0 Å². The third-order valence-corrected chi connectivity index (χ3v) is 4.93. The molecule has 1 aromatic rings. The van der Waals surface area contributed by atoms with Gasteiger partial charge in [-0.15, -0.1) is 0 Å². The molecule has 0 spiro atoms. The molecule has 0 bridgehead atoms. The van der Waals surface area contributed by atoms with Crippen molar-refractivity contribution in [2.24, 2.45) is 5.73 Å². The Balaban J connectivity index is 2.17. The maximum atomic E-state index is 6.16. The molecule has 118 valence electrons. The van der Waals surface area contributed by atoms with E-state index in [9.17, 15) is 0 Å². The Morgan fingerprint density at radius 3 is 2.67 bits per heavy atom. The second kappa shape index (κ2) is 6.77. The van der Waals surface area contributed by atoms with Crippen molar-refractivity contribution in [2.75, 3.05) is 40.3 Å². The van der Waals surface area contributed by atoms with E-state index in [-0.39, 0.29) is 5.54 Å². The van der Waals surface area contributed by atoms with E-state index in [0.29, 0.717) is 12.6 Å². The zero-order valence-corrected chi connectivity index (χ0v) is 13.8. The molecule has 0 saturated carbocycles. The van der Waals surface area contributed by atoms with Crippen molar-refractivity contribution in [1.82, 2.24) is 9.80 Å². The molecule has 2 rings (SSSR count). The number of benzene rings is 1. The lowest BCUT2D eigenvalue weighted by Gasteiger charge is -2.47. The van der Waals surface area contributed by atoms with E-state index >= 15 is 0 Å². The Morgan fingerprint density at radius 1 is 1.33 bits per heavy atom. The molecule has 1 heterocycles. The molecular formula is C17H29N3O. The molecule has 0 aromatic heterocycles. The summed E-state index contributed by atoms with van der Waals surface area (Å²) in [4.78, 5) is 4.96. The van der Waals surface area contributed by atoms with Crippen LogP contribution in [-0.4, -0.2) is 61.7 Å². The smallest absolute Gasteiger partial charge is 0.122 e. The molecular weight excluding hydrogens is 262 g/mol. The first kappa shape index (κ1) is 16.3. The summed E-state index contributed by atoms with van der Waals surface area (Å²) in [6.45, 7) is 8.46. The Kier molecular flexibility index (Phi) is 5.25. The fraction of sp³-hybridized carbons (Fsp3) is 0.647. The average molecular weight is 291 g/mol. The van der Waals surface area contributed by atoms with Gasteiger partial charge in [0.1, 0.15) is 5.75 Å². The van der Waals surface area contributed by atoms with Gasteiger partial charge in [0.2, 0.25) is 0 Å². The van der Waals surface area contributed by atoms with Crippen molar-refractivity contribution in [3.8, 4) is 5.75 Å².